The van der Waals surface area contributed by atoms with Gasteiger partial charge in [0.15, 0.2) is 0 Å². The summed E-state index contributed by atoms with van der Waals surface area (Å²) in [6, 6.07) is 0. The van der Waals surface area contributed by atoms with E-state index in [1.54, 1.807) is 0 Å². The molecular weight excluding hydrogens is 273 g/mol. The molecule has 1 saturated heterocycles. The van der Waals surface area contributed by atoms with Crippen molar-refractivity contribution in [2.24, 2.45) is 11.3 Å². The number of unbranched alkanes of at least 4 members (excludes halogenated alkanes) is 5. The van der Waals surface area contributed by atoms with Crippen LogP contribution < -0.4 is 0 Å². The Bertz CT molecular complexity index is 285. The number of rotatable bonds is 9. The Kier molecular flexibility index (Phi) is 8.38. The van der Waals surface area contributed by atoms with Crippen LogP contribution in [0.1, 0.15) is 92.4 Å². The van der Waals surface area contributed by atoms with Gasteiger partial charge in [0.25, 0.3) is 0 Å². The molecule has 0 aromatic carbocycles. The summed E-state index contributed by atoms with van der Waals surface area (Å²) < 4.78 is 14.8. The van der Waals surface area contributed by atoms with E-state index in [4.69, 9.17) is 0 Å². The molecule has 0 aromatic heterocycles. The number of hydrogen-bond donors (Lipinski definition) is 0. The smallest absolute Gasteiger partial charge is 0.118 e. The molecule has 1 nitrogen and oxygen atoms in total. The summed E-state index contributed by atoms with van der Waals surface area (Å²) in [4.78, 5) is 2.47. The fraction of sp³-hybridized carbons (Fsp3) is 1.00. The lowest BCUT2D eigenvalue weighted by atomic mass is 9.72. The first-order valence-corrected chi connectivity index (χ1v) is 9.66. The molecule has 0 radical (unpaired) electrons. The number of piperidine rings is 1. The van der Waals surface area contributed by atoms with Crippen LogP contribution in [0.15, 0.2) is 0 Å². The molecular formula is C20H40FN. The van der Waals surface area contributed by atoms with E-state index in [0.717, 1.165) is 19.0 Å². The van der Waals surface area contributed by atoms with Gasteiger partial charge in [-0.2, -0.15) is 0 Å². The van der Waals surface area contributed by atoms with Crippen molar-refractivity contribution in [1.82, 2.24) is 4.90 Å². The second-order valence-corrected chi connectivity index (χ2v) is 8.86. The fourth-order valence-electron chi connectivity index (χ4n) is 3.48. The van der Waals surface area contributed by atoms with Crippen LogP contribution in [0.2, 0.25) is 0 Å². The van der Waals surface area contributed by atoms with E-state index in [9.17, 15) is 4.39 Å². The molecule has 1 aliphatic rings. The highest BCUT2D eigenvalue weighted by atomic mass is 19.1. The van der Waals surface area contributed by atoms with Crippen molar-refractivity contribution >= 4 is 0 Å². The van der Waals surface area contributed by atoms with Crippen molar-refractivity contribution in [2.75, 3.05) is 19.6 Å². The minimum atomic E-state index is -0.958. The molecule has 1 fully saturated rings. The predicted molar refractivity (Wildman–Crippen MR) is 96.1 cm³/mol. The minimum Gasteiger partial charge on any atom is -0.303 e. The summed E-state index contributed by atoms with van der Waals surface area (Å²) in [6.45, 7) is 13.8. The zero-order valence-corrected chi connectivity index (χ0v) is 15.9. The van der Waals surface area contributed by atoms with Crippen LogP contribution in [0.3, 0.4) is 0 Å². The lowest BCUT2D eigenvalue weighted by molar-refractivity contribution is -0.0295. The summed E-state index contributed by atoms with van der Waals surface area (Å²) in [5.41, 5.74) is -1.17. The van der Waals surface area contributed by atoms with Gasteiger partial charge < -0.3 is 4.90 Å². The van der Waals surface area contributed by atoms with Crippen molar-refractivity contribution in [3.8, 4) is 0 Å². The molecule has 0 aromatic rings. The molecule has 0 N–H and O–H groups in total. The zero-order valence-electron chi connectivity index (χ0n) is 15.9. The molecule has 0 unspecified atom stereocenters. The molecule has 0 spiro atoms. The molecule has 0 aliphatic carbocycles. The lowest BCUT2D eigenvalue weighted by Gasteiger charge is -2.44. The van der Waals surface area contributed by atoms with Gasteiger partial charge in [0.05, 0.1) is 0 Å². The highest BCUT2D eigenvalue weighted by Gasteiger charge is 2.44. The molecule has 0 saturated carbocycles. The first-order chi connectivity index (χ1) is 10.2. The topological polar surface area (TPSA) is 3.24 Å². The standard InChI is InChI=1S/C20H40FN/c1-18(2)12-10-8-6-7-9-11-15-22-16-13-20(21,14-17-22)19(3,4)5/h18H,6-17H2,1-5H3. The Hall–Kier alpha value is -0.110. The number of hydrogen-bond acceptors (Lipinski definition) is 1. The van der Waals surface area contributed by atoms with Crippen molar-refractivity contribution < 1.29 is 4.39 Å². The van der Waals surface area contributed by atoms with Crippen LogP contribution in [0, 0.1) is 11.3 Å². The van der Waals surface area contributed by atoms with E-state index in [1.165, 1.54) is 51.5 Å². The second kappa shape index (κ2) is 9.25. The van der Waals surface area contributed by atoms with Crippen LogP contribution >= 0.6 is 0 Å². The molecule has 22 heavy (non-hydrogen) atoms. The summed E-state index contributed by atoms with van der Waals surface area (Å²) in [5, 5.41) is 0. The summed E-state index contributed by atoms with van der Waals surface area (Å²) in [7, 11) is 0. The number of nitrogens with zero attached hydrogens (tertiary/aromatic N) is 1. The summed E-state index contributed by atoms with van der Waals surface area (Å²) in [5.74, 6) is 0.856. The average Bonchev–Trinajstić information content (AvgIpc) is 2.42. The zero-order chi connectivity index (χ0) is 16.6. The molecule has 1 rings (SSSR count). The van der Waals surface area contributed by atoms with E-state index in [1.807, 2.05) is 20.8 Å². The molecule has 2 heteroatoms. The van der Waals surface area contributed by atoms with Crippen molar-refractivity contribution in [2.45, 2.75) is 98.1 Å². The van der Waals surface area contributed by atoms with Crippen LogP contribution in [-0.2, 0) is 0 Å². The van der Waals surface area contributed by atoms with Gasteiger partial charge in [-0.15, -0.1) is 0 Å². The van der Waals surface area contributed by atoms with E-state index in [0.29, 0.717) is 12.8 Å². The third-order valence-corrected chi connectivity index (χ3v) is 5.50. The molecule has 0 atom stereocenters. The highest BCUT2D eigenvalue weighted by molar-refractivity contribution is 4.95. The summed E-state index contributed by atoms with van der Waals surface area (Å²) in [6.07, 6.45) is 11.0. The Morgan fingerprint density at radius 1 is 0.909 bits per heavy atom. The van der Waals surface area contributed by atoms with E-state index in [2.05, 4.69) is 18.7 Å². The number of alkyl halides is 1. The summed E-state index contributed by atoms with van der Waals surface area (Å²) >= 11 is 0. The largest absolute Gasteiger partial charge is 0.303 e. The van der Waals surface area contributed by atoms with Gasteiger partial charge in [-0.3, -0.25) is 0 Å². The normalized spacial score (nSPS) is 19.8. The predicted octanol–water partition coefficient (Wildman–Crippen LogP) is 6.22. The maximum Gasteiger partial charge on any atom is 0.118 e. The first kappa shape index (κ1) is 19.9. The van der Waals surface area contributed by atoms with Gasteiger partial charge >= 0.3 is 0 Å². The Labute approximate surface area is 139 Å². The van der Waals surface area contributed by atoms with Gasteiger partial charge in [0.2, 0.25) is 0 Å². The Balaban J connectivity index is 2.02. The Morgan fingerprint density at radius 3 is 1.91 bits per heavy atom. The third-order valence-electron chi connectivity index (χ3n) is 5.50. The third kappa shape index (κ3) is 6.98. The number of halogens is 1. The van der Waals surface area contributed by atoms with Crippen LogP contribution in [-0.4, -0.2) is 30.2 Å². The first-order valence-electron chi connectivity index (χ1n) is 9.66. The van der Waals surface area contributed by atoms with E-state index >= 15 is 0 Å². The van der Waals surface area contributed by atoms with Crippen molar-refractivity contribution in [3.05, 3.63) is 0 Å². The van der Waals surface area contributed by atoms with Crippen LogP contribution in [0.25, 0.3) is 0 Å². The number of likely N-dealkylation sites (tertiary alicyclic amines) is 1. The fourth-order valence-corrected chi connectivity index (χ4v) is 3.48. The monoisotopic (exact) mass is 313 g/mol. The van der Waals surface area contributed by atoms with Crippen LogP contribution in [0.5, 0.6) is 0 Å². The maximum atomic E-state index is 14.8. The molecule has 1 aliphatic heterocycles. The quantitative estimate of drug-likeness (QED) is 0.456. The molecule has 0 bridgehead atoms. The van der Waals surface area contributed by atoms with Crippen molar-refractivity contribution in [1.29, 1.82) is 0 Å². The van der Waals surface area contributed by atoms with Gasteiger partial charge in [-0.05, 0) is 37.1 Å². The van der Waals surface area contributed by atoms with Gasteiger partial charge in [-0.25, -0.2) is 4.39 Å². The highest BCUT2D eigenvalue weighted by Crippen LogP contribution is 2.42. The van der Waals surface area contributed by atoms with Gasteiger partial charge in [0, 0.05) is 13.1 Å². The second-order valence-electron chi connectivity index (χ2n) is 8.86. The molecule has 0 amide bonds. The van der Waals surface area contributed by atoms with Crippen molar-refractivity contribution in [3.63, 3.8) is 0 Å². The average molecular weight is 314 g/mol. The van der Waals surface area contributed by atoms with E-state index in [-0.39, 0.29) is 5.41 Å². The SMILES string of the molecule is CC(C)CCCCCCCCN1CCC(F)(C(C)(C)C)CC1. The van der Waals surface area contributed by atoms with Gasteiger partial charge in [0.1, 0.15) is 5.67 Å². The Morgan fingerprint density at radius 2 is 1.41 bits per heavy atom. The minimum absolute atomic E-state index is 0.213. The lowest BCUT2D eigenvalue weighted by Crippen LogP contribution is -2.48. The molecule has 1 heterocycles. The van der Waals surface area contributed by atoms with Gasteiger partial charge in [-0.1, -0.05) is 73.1 Å². The maximum absolute atomic E-state index is 14.8. The molecule has 132 valence electrons. The van der Waals surface area contributed by atoms with Crippen LogP contribution in [0.4, 0.5) is 4.39 Å². The van der Waals surface area contributed by atoms with E-state index < -0.39 is 5.67 Å².